The lowest BCUT2D eigenvalue weighted by atomic mass is 10.2. The van der Waals surface area contributed by atoms with Crippen molar-refractivity contribution in [2.75, 3.05) is 5.43 Å². The van der Waals surface area contributed by atoms with E-state index in [9.17, 15) is 4.79 Å². The fourth-order valence-corrected chi connectivity index (χ4v) is 1.99. The number of para-hydroxylation sites is 2. The van der Waals surface area contributed by atoms with E-state index in [0.29, 0.717) is 5.58 Å². The highest BCUT2D eigenvalue weighted by atomic mass is 16.3. The summed E-state index contributed by atoms with van der Waals surface area (Å²) in [7, 11) is 0. The summed E-state index contributed by atoms with van der Waals surface area (Å²) in [6.45, 7) is 1.97. The second-order valence-electron chi connectivity index (χ2n) is 4.54. The number of furan rings is 1. The summed E-state index contributed by atoms with van der Waals surface area (Å²) < 4.78 is 5.50. The van der Waals surface area contributed by atoms with E-state index >= 15 is 0 Å². The van der Waals surface area contributed by atoms with Gasteiger partial charge < -0.3 is 4.42 Å². The molecule has 100 valence electrons. The van der Waals surface area contributed by atoms with Crippen molar-refractivity contribution in [3.8, 4) is 0 Å². The molecule has 0 atom stereocenters. The van der Waals surface area contributed by atoms with Gasteiger partial charge in [0.15, 0.2) is 5.76 Å². The van der Waals surface area contributed by atoms with E-state index in [2.05, 4.69) is 10.9 Å². The molecule has 4 nitrogen and oxygen atoms in total. The van der Waals surface area contributed by atoms with Gasteiger partial charge in [-0.2, -0.15) is 0 Å². The minimum Gasteiger partial charge on any atom is -0.451 e. The van der Waals surface area contributed by atoms with Crippen LogP contribution in [0.15, 0.2) is 59.0 Å². The molecule has 0 unspecified atom stereocenters. The molecule has 20 heavy (non-hydrogen) atoms. The average molecular weight is 266 g/mol. The van der Waals surface area contributed by atoms with Gasteiger partial charge in [-0.3, -0.25) is 15.6 Å². The van der Waals surface area contributed by atoms with Crippen LogP contribution in [0.3, 0.4) is 0 Å². The Labute approximate surface area is 116 Å². The van der Waals surface area contributed by atoms with Crippen molar-refractivity contribution in [2.45, 2.75) is 6.92 Å². The predicted octanol–water partition coefficient (Wildman–Crippen LogP) is 3.50. The molecule has 3 aromatic rings. The van der Waals surface area contributed by atoms with E-state index in [0.717, 1.165) is 16.6 Å². The number of fused-ring (bicyclic) bond motifs is 1. The van der Waals surface area contributed by atoms with Crippen LogP contribution in [0.5, 0.6) is 0 Å². The molecule has 4 heteroatoms. The van der Waals surface area contributed by atoms with E-state index in [1.807, 2.05) is 55.5 Å². The molecule has 0 aliphatic heterocycles. The summed E-state index contributed by atoms with van der Waals surface area (Å²) in [6, 6.07) is 17.0. The summed E-state index contributed by atoms with van der Waals surface area (Å²) in [5.74, 6) is -0.0169. The van der Waals surface area contributed by atoms with Crippen molar-refractivity contribution in [1.82, 2.24) is 5.43 Å². The van der Waals surface area contributed by atoms with Gasteiger partial charge in [0.05, 0.1) is 5.69 Å². The smallest absolute Gasteiger partial charge is 0.305 e. The molecule has 0 aliphatic carbocycles. The van der Waals surface area contributed by atoms with Gasteiger partial charge in [0.25, 0.3) is 0 Å². The second-order valence-corrected chi connectivity index (χ2v) is 4.54. The molecular weight excluding hydrogens is 252 g/mol. The summed E-state index contributed by atoms with van der Waals surface area (Å²) in [6.07, 6.45) is 0. The number of carbonyl (C=O) groups excluding carboxylic acids is 1. The molecular formula is C16H14N2O2. The first-order valence-corrected chi connectivity index (χ1v) is 6.34. The molecule has 1 aromatic heterocycles. The Balaban J connectivity index is 1.75. The summed E-state index contributed by atoms with van der Waals surface area (Å²) in [4.78, 5) is 12.0. The van der Waals surface area contributed by atoms with Crippen molar-refractivity contribution in [2.24, 2.45) is 0 Å². The Morgan fingerprint density at radius 1 is 1.05 bits per heavy atom. The molecule has 0 saturated carbocycles. The molecule has 2 N–H and O–H groups in total. The van der Waals surface area contributed by atoms with E-state index < -0.39 is 0 Å². The standard InChI is InChI=1S/C16H14N2O2/c1-11-6-2-4-8-13(11)17-18-16(19)15-10-12-7-3-5-9-14(12)20-15/h2-10,17H,1H3,(H,18,19). The van der Waals surface area contributed by atoms with Crippen molar-refractivity contribution in [1.29, 1.82) is 0 Å². The van der Waals surface area contributed by atoms with Gasteiger partial charge in [-0.1, -0.05) is 36.4 Å². The highest BCUT2D eigenvalue weighted by molar-refractivity contribution is 5.96. The number of anilines is 1. The Morgan fingerprint density at radius 3 is 2.60 bits per heavy atom. The number of hydrogen-bond acceptors (Lipinski definition) is 3. The van der Waals surface area contributed by atoms with Crippen molar-refractivity contribution >= 4 is 22.6 Å². The van der Waals surface area contributed by atoms with Crippen LogP contribution in [-0.4, -0.2) is 5.91 Å². The molecule has 0 radical (unpaired) electrons. The fourth-order valence-electron chi connectivity index (χ4n) is 1.99. The maximum Gasteiger partial charge on any atom is 0.305 e. The van der Waals surface area contributed by atoms with E-state index in [4.69, 9.17) is 4.42 Å². The fraction of sp³-hybridized carbons (Fsp3) is 0.0625. The molecule has 0 aliphatic rings. The van der Waals surface area contributed by atoms with Crippen LogP contribution >= 0.6 is 0 Å². The zero-order valence-corrected chi connectivity index (χ0v) is 11.0. The zero-order chi connectivity index (χ0) is 13.9. The SMILES string of the molecule is Cc1ccccc1NNC(=O)c1cc2ccccc2o1. The Bertz CT molecular complexity index is 729. The van der Waals surface area contributed by atoms with Crippen molar-refractivity contribution in [3.05, 3.63) is 65.9 Å². The Hall–Kier alpha value is -2.75. The highest BCUT2D eigenvalue weighted by Crippen LogP contribution is 2.18. The van der Waals surface area contributed by atoms with E-state index in [1.54, 1.807) is 6.07 Å². The van der Waals surface area contributed by atoms with Gasteiger partial charge in [0.1, 0.15) is 5.58 Å². The highest BCUT2D eigenvalue weighted by Gasteiger charge is 2.11. The maximum absolute atomic E-state index is 12.0. The molecule has 0 saturated heterocycles. The molecule has 3 rings (SSSR count). The molecule has 2 aromatic carbocycles. The van der Waals surface area contributed by atoms with Gasteiger partial charge in [0.2, 0.25) is 0 Å². The van der Waals surface area contributed by atoms with Crippen molar-refractivity contribution < 1.29 is 9.21 Å². The van der Waals surface area contributed by atoms with Crippen LogP contribution in [-0.2, 0) is 0 Å². The molecule has 0 bridgehead atoms. The molecule has 0 spiro atoms. The molecule has 1 heterocycles. The first kappa shape index (κ1) is 12.3. The number of carbonyl (C=O) groups is 1. The second kappa shape index (κ2) is 5.09. The molecule has 0 fully saturated rings. The lowest BCUT2D eigenvalue weighted by Crippen LogP contribution is -2.29. The third kappa shape index (κ3) is 2.36. The van der Waals surface area contributed by atoms with Gasteiger partial charge in [0, 0.05) is 5.39 Å². The number of hydrogen-bond donors (Lipinski definition) is 2. The quantitative estimate of drug-likeness (QED) is 0.713. The minimum absolute atomic E-state index is 0.285. The van der Waals surface area contributed by atoms with Crippen LogP contribution in [0.4, 0.5) is 5.69 Å². The van der Waals surface area contributed by atoms with E-state index in [-0.39, 0.29) is 11.7 Å². The van der Waals surface area contributed by atoms with E-state index in [1.165, 1.54) is 0 Å². The Morgan fingerprint density at radius 2 is 1.80 bits per heavy atom. The van der Waals surface area contributed by atoms with Gasteiger partial charge in [-0.15, -0.1) is 0 Å². The topological polar surface area (TPSA) is 54.3 Å². The maximum atomic E-state index is 12.0. The van der Waals surface area contributed by atoms with Crippen LogP contribution in [0.25, 0.3) is 11.0 Å². The van der Waals surface area contributed by atoms with Gasteiger partial charge in [-0.25, -0.2) is 0 Å². The molecule has 1 amide bonds. The average Bonchev–Trinajstić information content (AvgIpc) is 2.90. The first-order valence-electron chi connectivity index (χ1n) is 6.34. The number of rotatable bonds is 3. The summed E-state index contributed by atoms with van der Waals surface area (Å²) >= 11 is 0. The first-order chi connectivity index (χ1) is 9.74. The number of hydrazine groups is 1. The Kier molecular flexibility index (Phi) is 3.13. The van der Waals surface area contributed by atoms with Crippen LogP contribution in [0, 0.1) is 6.92 Å². The number of benzene rings is 2. The van der Waals surface area contributed by atoms with Gasteiger partial charge >= 0.3 is 5.91 Å². The van der Waals surface area contributed by atoms with Crippen LogP contribution < -0.4 is 10.9 Å². The monoisotopic (exact) mass is 266 g/mol. The zero-order valence-electron chi connectivity index (χ0n) is 11.0. The summed E-state index contributed by atoms with van der Waals surface area (Å²) in [5, 5.41) is 0.911. The van der Waals surface area contributed by atoms with Gasteiger partial charge in [-0.05, 0) is 30.7 Å². The lowest BCUT2D eigenvalue weighted by Gasteiger charge is -2.09. The normalized spacial score (nSPS) is 10.4. The van der Waals surface area contributed by atoms with Crippen molar-refractivity contribution in [3.63, 3.8) is 0 Å². The third-order valence-electron chi connectivity index (χ3n) is 3.11. The number of amides is 1. The van der Waals surface area contributed by atoms with Crippen LogP contribution in [0.2, 0.25) is 0 Å². The third-order valence-corrected chi connectivity index (χ3v) is 3.11. The largest absolute Gasteiger partial charge is 0.451 e. The van der Waals surface area contributed by atoms with Crippen LogP contribution in [0.1, 0.15) is 16.1 Å². The number of nitrogens with one attached hydrogen (secondary N) is 2. The predicted molar refractivity (Wildman–Crippen MR) is 78.5 cm³/mol. The lowest BCUT2D eigenvalue weighted by molar-refractivity contribution is 0.0937. The number of aryl methyl sites for hydroxylation is 1. The summed E-state index contributed by atoms with van der Waals surface area (Å²) in [5.41, 5.74) is 8.14. The minimum atomic E-state index is -0.301.